The van der Waals surface area contributed by atoms with Gasteiger partial charge >= 0.3 is 0 Å². The number of sulfonamides is 1. The van der Waals surface area contributed by atoms with Gasteiger partial charge < -0.3 is 4.90 Å². The average Bonchev–Trinajstić information content (AvgIpc) is 3.27. The van der Waals surface area contributed by atoms with Crippen molar-refractivity contribution in [2.75, 3.05) is 6.54 Å². The first-order chi connectivity index (χ1) is 14.4. The number of benzene rings is 2. The van der Waals surface area contributed by atoms with Crippen LogP contribution in [0, 0.1) is 5.82 Å². The van der Waals surface area contributed by atoms with E-state index in [0.717, 1.165) is 4.88 Å². The molecule has 30 heavy (non-hydrogen) atoms. The number of amides is 1. The molecule has 0 unspecified atom stereocenters. The summed E-state index contributed by atoms with van der Waals surface area (Å²) in [7, 11) is -3.79. The molecule has 3 aromatic rings. The summed E-state index contributed by atoms with van der Waals surface area (Å²) in [5.41, 5.74) is 0.571. The summed E-state index contributed by atoms with van der Waals surface area (Å²) in [6.45, 7) is 4.07. The fourth-order valence-electron chi connectivity index (χ4n) is 2.85. The first-order valence-corrected chi connectivity index (χ1v) is 11.5. The quantitative estimate of drug-likeness (QED) is 0.503. The zero-order valence-corrected chi connectivity index (χ0v) is 17.8. The summed E-state index contributed by atoms with van der Waals surface area (Å²) in [5.74, 6) is -0.818. The Hall–Kier alpha value is -2.81. The van der Waals surface area contributed by atoms with Gasteiger partial charge in [-0.05, 0) is 35.7 Å². The molecule has 0 atom stereocenters. The Labute approximate surface area is 179 Å². The molecule has 8 heteroatoms. The zero-order chi connectivity index (χ0) is 21.6. The van der Waals surface area contributed by atoms with E-state index in [1.54, 1.807) is 24.3 Å². The van der Waals surface area contributed by atoms with E-state index in [0.29, 0.717) is 5.56 Å². The number of carbonyl (C=O) groups excluding carboxylic acids is 1. The number of nitrogens with zero attached hydrogens (tertiary/aromatic N) is 1. The van der Waals surface area contributed by atoms with Gasteiger partial charge in [-0.25, -0.2) is 17.5 Å². The van der Waals surface area contributed by atoms with Crippen molar-refractivity contribution >= 4 is 27.3 Å². The van der Waals surface area contributed by atoms with Crippen LogP contribution in [0.2, 0.25) is 0 Å². The number of rotatable bonds is 9. The highest BCUT2D eigenvalue weighted by atomic mass is 32.2. The standard InChI is InChI=1S/C22H21FN2O3S2/c1-2-12-25(16-18-7-3-4-11-21(18)23)22(26)17-8-5-10-20(14-17)30(27,28)24-15-19-9-6-13-29-19/h2-11,13-14,24H,1,12,15-16H2. The van der Waals surface area contributed by atoms with Gasteiger partial charge in [0.15, 0.2) is 0 Å². The predicted octanol–water partition coefficient (Wildman–Crippen LogP) is 4.19. The molecule has 0 fully saturated rings. The topological polar surface area (TPSA) is 66.5 Å². The summed E-state index contributed by atoms with van der Waals surface area (Å²) in [6.07, 6.45) is 1.54. The van der Waals surface area contributed by atoms with Crippen molar-refractivity contribution < 1.29 is 17.6 Å². The Morgan fingerprint density at radius 3 is 2.63 bits per heavy atom. The predicted molar refractivity (Wildman–Crippen MR) is 116 cm³/mol. The minimum absolute atomic E-state index is 0.00523. The van der Waals surface area contributed by atoms with Crippen LogP contribution in [0.25, 0.3) is 0 Å². The van der Waals surface area contributed by atoms with E-state index in [-0.39, 0.29) is 30.1 Å². The lowest BCUT2D eigenvalue weighted by atomic mass is 10.1. The fourth-order valence-corrected chi connectivity index (χ4v) is 4.64. The van der Waals surface area contributed by atoms with Gasteiger partial charge in [-0.3, -0.25) is 4.79 Å². The third kappa shape index (κ3) is 5.41. The maximum Gasteiger partial charge on any atom is 0.254 e. The Bertz CT molecular complexity index is 1130. The second-order valence-electron chi connectivity index (χ2n) is 6.50. The van der Waals surface area contributed by atoms with Crippen molar-refractivity contribution in [3.8, 4) is 0 Å². The SMILES string of the molecule is C=CCN(Cc1ccccc1F)C(=O)c1cccc(S(=O)(=O)NCc2cccs2)c1. The van der Waals surface area contributed by atoms with Crippen LogP contribution in [0.4, 0.5) is 4.39 Å². The molecule has 0 spiro atoms. The second-order valence-corrected chi connectivity index (χ2v) is 9.30. The van der Waals surface area contributed by atoms with Crippen molar-refractivity contribution in [2.45, 2.75) is 18.0 Å². The number of halogens is 1. The van der Waals surface area contributed by atoms with Gasteiger partial charge in [-0.2, -0.15) is 0 Å². The lowest BCUT2D eigenvalue weighted by molar-refractivity contribution is 0.0761. The first kappa shape index (κ1) is 21.9. The van der Waals surface area contributed by atoms with Crippen LogP contribution in [0.1, 0.15) is 20.8 Å². The zero-order valence-electron chi connectivity index (χ0n) is 16.1. The molecule has 1 amide bonds. The maximum absolute atomic E-state index is 14.0. The van der Waals surface area contributed by atoms with Gasteiger partial charge in [0.2, 0.25) is 10.0 Å². The fraction of sp³-hybridized carbons (Fsp3) is 0.136. The highest BCUT2D eigenvalue weighted by Gasteiger charge is 2.20. The number of carbonyl (C=O) groups is 1. The molecule has 156 valence electrons. The molecular weight excluding hydrogens is 423 g/mol. The van der Waals surface area contributed by atoms with Crippen LogP contribution in [0.15, 0.2) is 83.6 Å². The number of hydrogen-bond donors (Lipinski definition) is 1. The van der Waals surface area contributed by atoms with Crippen LogP contribution in [-0.2, 0) is 23.1 Å². The summed E-state index contributed by atoms with van der Waals surface area (Å²) >= 11 is 1.45. The van der Waals surface area contributed by atoms with E-state index >= 15 is 0 Å². The van der Waals surface area contributed by atoms with Crippen molar-refractivity contribution in [3.63, 3.8) is 0 Å². The van der Waals surface area contributed by atoms with Crippen molar-refractivity contribution in [1.29, 1.82) is 0 Å². The lowest BCUT2D eigenvalue weighted by Gasteiger charge is -2.22. The smallest absolute Gasteiger partial charge is 0.254 e. The average molecular weight is 445 g/mol. The Morgan fingerprint density at radius 1 is 1.13 bits per heavy atom. The maximum atomic E-state index is 14.0. The van der Waals surface area contributed by atoms with Crippen LogP contribution in [0.3, 0.4) is 0 Å². The number of thiophene rings is 1. The third-order valence-electron chi connectivity index (χ3n) is 4.36. The monoisotopic (exact) mass is 444 g/mol. The van der Waals surface area contributed by atoms with Crippen molar-refractivity contribution in [3.05, 3.63) is 101 Å². The van der Waals surface area contributed by atoms with E-state index in [2.05, 4.69) is 11.3 Å². The molecule has 0 saturated carbocycles. The molecule has 2 aromatic carbocycles. The van der Waals surface area contributed by atoms with Crippen LogP contribution in [-0.4, -0.2) is 25.8 Å². The third-order valence-corrected chi connectivity index (χ3v) is 6.64. The van der Waals surface area contributed by atoms with Crippen LogP contribution < -0.4 is 4.72 Å². The van der Waals surface area contributed by atoms with E-state index in [1.807, 2.05) is 17.5 Å². The first-order valence-electron chi connectivity index (χ1n) is 9.16. The van der Waals surface area contributed by atoms with E-state index in [4.69, 9.17) is 0 Å². The molecule has 0 aliphatic carbocycles. The second kappa shape index (κ2) is 9.80. The van der Waals surface area contributed by atoms with Crippen LogP contribution >= 0.6 is 11.3 Å². The summed E-state index contributed by atoms with van der Waals surface area (Å²) in [6, 6.07) is 15.7. The van der Waals surface area contributed by atoms with Gasteiger partial charge in [-0.15, -0.1) is 17.9 Å². The summed E-state index contributed by atoms with van der Waals surface area (Å²) in [4.78, 5) is 15.3. The molecule has 0 aliphatic rings. The van der Waals surface area contributed by atoms with Gasteiger partial charge in [0.1, 0.15) is 5.82 Å². The Balaban J connectivity index is 1.81. The molecule has 0 bridgehead atoms. The largest absolute Gasteiger partial charge is 0.331 e. The van der Waals surface area contributed by atoms with Crippen molar-refractivity contribution in [1.82, 2.24) is 9.62 Å². The highest BCUT2D eigenvalue weighted by molar-refractivity contribution is 7.89. The minimum atomic E-state index is -3.79. The molecular formula is C22H21FN2O3S2. The van der Waals surface area contributed by atoms with Gasteiger partial charge in [-0.1, -0.05) is 36.4 Å². The molecule has 0 saturated heterocycles. The number of nitrogens with one attached hydrogen (secondary N) is 1. The van der Waals surface area contributed by atoms with Gasteiger partial charge in [0.25, 0.3) is 5.91 Å². The molecule has 1 N–H and O–H groups in total. The Morgan fingerprint density at radius 2 is 1.93 bits per heavy atom. The molecule has 0 radical (unpaired) electrons. The molecule has 5 nitrogen and oxygen atoms in total. The van der Waals surface area contributed by atoms with Crippen molar-refractivity contribution in [2.24, 2.45) is 0 Å². The van der Waals surface area contributed by atoms with Gasteiger partial charge in [0, 0.05) is 35.6 Å². The molecule has 1 aromatic heterocycles. The van der Waals surface area contributed by atoms with Crippen LogP contribution in [0.5, 0.6) is 0 Å². The molecule has 1 heterocycles. The molecule has 0 aliphatic heterocycles. The van der Waals surface area contributed by atoms with E-state index < -0.39 is 21.7 Å². The highest BCUT2D eigenvalue weighted by Crippen LogP contribution is 2.17. The Kier molecular flexibility index (Phi) is 7.15. The summed E-state index contributed by atoms with van der Waals surface area (Å²) in [5, 5.41) is 1.87. The normalized spacial score (nSPS) is 11.2. The molecule has 3 rings (SSSR count). The van der Waals surface area contributed by atoms with Gasteiger partial charge in [0.05, 0.1) is 4.90 Å². The summed E-state index contributed by atoms with van der Waals surface area (Å²) < 4.78 is 41.8. The van der Waals surface area contributed by atoms with E-state index in [9.17, 15) is 17.6 Å². The van der Waals surface area contributed by atoms with E-state index in [1.165, 1.54) is 46.6 Å². The number of hydrogen-bond acceptors (Lipinski definition) is 4. The lowest BCUT2D eigenvalue weighted by Crippen LogP contribution is -2.31. The minimum Gasteiger partial charge on any atom is -0.331 e.